The van der Waals surface area contributed by atoms with Gasteiger partial charge < -0.3 is 9.88 Å². The van der Waals surface area contributed by atoms with Gasteiger partial charge in [0.1, 0.15) is 0 Å². The number of amides is 1. The molecule has 0 bridgehead atoms. The van der Waals surface area contributed by atoms with Crippen molar-refractivity contribution in [2.24, 2.45) is 4.99 Å². The molecule has 24 heavy (non-hydrogen) atoms. The van der Waals surface area contributed by atoms with E-state index < -0.39 is 0 Å². The van der Waals surface area contributed by atoms with E-state index in [4.69, 9.17) is 4.99 Å². The lowest BCUT2D eigenvalue weighted by Crippen LogP contribution is -2.23. The standard InChI is InChI=1S/C20H17N3O/c24-19-2-1-9-23(19)16-6-5-15-12-22-20(17(15)11-16)14-4-3-13-7-8-21-18(13)10-14/h3-8,10-11,21H,1-2,9,12H2. The van der Waals surface area contributed by atoms with Gasteiger partial charge in [-0.3, -0.25) is 9.79 Å². The Morgan fingerprint density at radius 2 is 2.04 bits per heavy atom. The number of fused-ring (bicyclic) bond motifs is 2. The quantitative estimate of drug-likeness (QED) is 0.771. The number of carbonyl (C=O) groups excluding carboxylic acids is 1. The Hall–Kier alpha value is -2.88. The highest BCUT2D eigenvalue weighted by Gasteiger charge is 2.24. The maximum Gasteiger partial charge on any atom is 0.227 e. The first-order valence-electron chi connectivity index (χ1n) is 8.35. The molecular weight excluding hydrogens is 298 g/mol. The molecular formula is C20H17N3O. The van der Waals surface area contributed by atoms with Crippen molar-refractivity contribution >= 4 is 28.2 Å². The molecule has 2 aromatic carbocycles. The molecule has 1 aromatic heterocycles. The molecule has 3 heterocycles. The lowest BCUT2D eigenvalue weighted by atomic mass is 9.98. The highest BCUT2D eigenvalue weighted by atomic mass is 16.2. The highest BCUT2D eigenvalue weighted by molar-refractivity contribution is 6.16. The van der Waals surface area contributed by atoms with Gasteiger partial charge in [0.15, 0.2) is 0 Å². The van der Waals surface area contributed by atoms with Gasteiger partial charge in [-0.05, 0) is 41.6 Å². The van der Waals surface area contributed by atoms with Crippen molar-refractivity contribution < 1.29 is 4.79 Å². The normalized spacial score (nSPS) is 16.8. The first-order chi connectivity index (χ1) is 11.8. The van der Waals surface area contributed by atoms with Crippen molar-refractivity contribution in [1.82, 2.24) is 4.98 Å². The zero-order chi connectivity index (χ0) is 16.1. The zero-order valence-electron chi connectivity index (χ0n) is 13.2. The van der Waals surface area contributed by atoms with Crippen LogP contribution >= 0.6 is 0 Å². The number of aromatic amines is 1. The largest absolute Gasteiger partial charge is 0.361 e. The smallest absolute Gasteiger partial charge is 0.227 e. The maximum absolute atomic E-state index is 12.0. The van der Waals surface area contributed by atoms with Gasteiger partial charge in [0.2, 0.25) is 5.91 Å². The fraction of sp³-hybridized carbons (Fsp3) is 0.200. The molecule has 4 heteroatoms. The van der Waals surface area contributed by atoms with Gasteiger partial charge in [0.05, 0.1) is 12.3 Å². The van der Waals surface area contributed by atoms with E-state index in [9.17, 15) is 4.79 Å². The Kier molecular flexibility index (Phi) is 2.86. The van der Waals surface area contributed by atoms with Crippen LogP contribution in [0.15, 0.2) is 53.7 Å². The second kappa shape index (κ2) is 5.06. The number of benzene rings is 2. The molecule has 118 valence electrons. The number of hydrogen-bond donors (Lipinski definition) is 1. The SMILES string of the molecule is O=C1CCCN1c1ccc2c(c1)C(c1ccc3cc[nH]c3c1)=NC2. The van der Waals surface area contributed by atoms with Crippen LogP contribution in [0.2, 0.25) is 0 Å². The van der Waals surface area contributed by atoms with E-state index in [1.165, 1.54) is 10.9 Å². The summed E-state index contributed by atoms with van der Waals surface area (Å²) in [6.07, 6.45) is 3.55. The average molecular weight is 315 g/mol. The summed E-state index contributed by atoms with van der Waals surface area (Å²) >= 11 is 0. The predicted molar refractivity (Wildman–Crippen MR) is 95.7 cm³/mol. The summed E-state index contributed by atoms with van der Waals surface area (Å²) in [5.41, 5.74) is 6.63. The monoisotopic (exact) mass is 315 g/mol. The van der Waals surface area contributed by atoms with E-state index in [1.54, 1.807) is 0 Å². The van der Waals surface area contributed by atoms with E-state index in [0.29, 0.717) is 13.0 Å². The molecule has 1 N–H and O–H groups in total. The van der Waals surface area contributed by atoms with Gasteiger partial charge in [-0.15, -0.1) is 0 Å². The number of aliphatic imine (C=N–C) groups is 1. The molecule has 5 rings (SSSR count). The fourth-order valence-corrected chi connectivity index (χ4v) is 3.70. The van der Waals surface area contributed by atoms with Crippen molar-refractivity contribution in [3.63, 3.8) is 0 Å². The number of carbonyl (C=O) groups is 1. The van der Waals surface area contributed by atoms with Crippen molar-refractivity contribution in [2.45, 2.75) is 19.4 Å². The molecule has 0 unspecified atom stereocenters. The van der Waals surface area contributed by atoms with Crippen LogP contribution in [0, 0.1) is 0 Å². The Bertz CT molecular complexity index is 999. The molecule has 0 radical (unpaired) electrons. The third-order valence-electron chi connectivity index (χ3n) is 4.97. The van der Waals surface area contributed by atoms with Crippen molar-refractivity contribution in [3.05, 3.63) is 65.4 Å². The Balaban J connectivity index is 1.58. The first-order valence-corrected chi connectivity index (χ1v) is 8.35. The van der Waals surface area contributed by atoms with Crippen LogP contribution in [0.5, 0.6) is 0 Å². The van der Waals surface area contributed by atoms with Crippen LogP contribution in [0.3, 0.4) is 0 Å². The number of anilines is 1. The topological polar surface area (TPSA) is 48.5 Å². The highest BCUT2D eigenvalue weighted by Crippen LogP contribution is 2.30. The number of rotatable bonds is 2. The van der Waals surface area contributed by atoms with Gasteiger partial charge in [0.25, 0.3) is 0 Å². The van der Waals surface area contributed by atoms with Crippen LogP contribution in [0.25, 0.3) is 10.9 Å². The van der Waals surface area contributed by atoms with Gasteiger partial charge >= 0.3 is 0 Å². The Labute approximate surface area is 139 Å². The van der Waals surface area contributed by atoms with Crippen LogP contribution in [0.1, 0.15) is 29.5 Å². The maximum atomic E-state index is 12.0. The fourth-order valence-electron chi connectivity index (χ4n) is 3.70. The minimum Gasteiger partial charge on any atom is -0.361 e. The van der Waals surface area contributed by atoms with Gasteiger partial charge in [0, 0.05) is 41.5 Å². The molecule has 0 spiro atoms. The second-order valence-corrected chi connectivity index (χ2v) is 6.43. The van der Waals surface area contributed by atoms with E-state index in [-0.39, 0.29) is 5.91 Å². The van der Waals surface area contributed by atoms with E-state index >= 15 is 0 Å². The molecule has 0 aliphatic carbocycles. The average Bonchev–Trinajstić information content (AvgIpc) is 3.32. The Morgan fingerprint density at radius 3 is 2.92 bits per heavy atom. The third-order valence-corrected chi connectivity index (χ3v) is 4.97. The van der Waals surface area contributed by atoms with E-state index in [2.05, 4.69) is 47.4 Å². The first kappa shape index (κ1) is 13.5. The summed E-state index contributed by atoms with van der Waals surface area (Å²) < 4.78 is 0. The summed E-state index contributed by atoms with van der Waals surface area (Å²) in [5, 5.41) is 1.20. The zero-order valence-corrected chi connectivity index (χ0v) is 13.2. The summed E-state index contributed by atoms with van der Waals surface area (Å²) in [6, 6.07) is 14.8. The Morgan fingerprint density at radius 1 is 1.08 bits per heavy atom. The molecule has 1 amide bonds. The lowest BCUT2D eigenvalue weighted by Gasteiger charge is -2.17. The molecule has 4 nitrogen and oxygen atoms in total. The molecule has 2 aliphatic heterocycles. The van der Waals surface area contributed by atoms with Crippen LogP contribution in [-0.4, -0.2) is 23.1 Å². The van der Waals surface area contributed by atoms with Crippen molar-refractivity contribution in [3.8, 4) is 0 Å². The molecule has 0 atom stereocenters. The van der Waals surface area contributed by atoms with E-state index in [0.717, 1.165) is 41.0 Å². The summed E-state index contributed by atoms with van der Waals surface area (Å²) in [4.78, 5) is 21.9. The van der Waals surface area contributed by atoms with Gasteiger partial charge in [-0.25, -0.2) is 0 Å². The number of nitrogens with one attached hydrogen (secondary N) is 1. The predicted octanol–water partition coefficient (Wildman–Crippen LogP) is 3.65. The molecule has 1 fully saturated rings. The lowest BCUT2D eigenvalue weighted by molar-refractivity contribution is -0.117. The van der Waals surface area contributed by atoms with Gasteiger partial charge in [-0.1, -0.05) is 18.2 Å². The second-order valence-electron chi connectivity index (χ2n) is 6.43. The minimum atomic E-state index is 0.222. The van der Waals surface area contributed by atoms with Crippen LogP contribution in [-0.2, 0) is 11.3 Å². The molecule has 0 saturated carbocycles. The summed E-state index contributed by atoms with van der Waals surface area (Å²) in [6.45, 7) is 1.53. The summed E-state index contributed by atoms with van der Waals surface area (Å²) in [5.74, 6) is 0.222. The number of aromatic nitrogens is 1. The van der Waals surface area contributed by atoms with Crippen LogP contribution in [0.4, 0.5) is 5.69 Å². The minimum absolute atomic E-state index is 0.222. The van der Waals surface area contributed by atoms with Gasteiger partial charge in [-0.2, -0.15) is 0 Å². The summed E-state index contributed by atoms with van der Waals surface area (Å²) in [7, 11) is 0. The number of H-pyrrole nitrogens is 1. The van der Waals surface area contributed by atoms with Crippen molar-refractivity contribution in [2.75, 3.05) is 11.4 Å². The van der Waals surface area contributed by atoms with Crippen molar-refractivity contribution in [1.29, 1.82) is 0 Å². The molecule has 1 saturated heterocycles. The number of nitrogens with zero attached hydrogens (tertiary/aromatic N) is 2. The molecule has 3 aromatic rings. The number of hydrogen-bond acceptors (Lipinski definition) is 2. The third kappa shape index (κ3) is 1.99. The molecule has 2 aliphatic rings. The van der Waals surface area contributed by atoms with Crippen LogP contribution < -0.4 is 4.90 Å². The van der Waals surface area contributed by atoms with E-state index in [1.807, 2.05) is 11.1 Å².